The first-order valence-corrected chi connectivity index (χ1v) is 7.70. The summed E-state index contributed by atoms with van der Waals surface area (Å²) in [6.07, 6.45) is 11.5. The lowest BCUT2D eigenvalue weighted by Crippen LogP contribution is -2.57. The Morgan fingerprint density at radius 1 is 1.06 bits per heavy atom. The zero-order chi connectivity index (χ0) is 12.8. The van der Waals surface area contributed by atoms with E-state index in [0.29, 0.717) is 12.2 Å². The van der Waals surface area contributed by atoms with E-state index in [4.69, 9.17) is 5.26 Å². The van der Waals surface area contributed by atoms with Crippen LogP contribution in [0.15, 0.2) is 0 Å². The standard InChI is InChI=1S/C15H27N3/c1-13-17-11-14(10-16)12-18(13)15-8-6-4-2-3-5-7-9-15/h13-15,17H,2-9,11-12H2,1H3/t13-,14?/m1/s1. The molecule has 0 bridgehead atoms. The van der Waals surface area contributed by atoms with Crippen molar-refractivity contribution in [3.05, 3.63) is 0 Å². The molecule has 0 aromatic rings. The molecule has 1 aliphatic heterocycles. The first-order valence-electron chi connectivity index (χ1n) is 7.70. The maximum atomic E-state index is 9.12. The van der Waals surface area contributed by atoms with Crippen molar-refractivity contribution in [3.63, 3.8) is 0 Å². The first kappa shape index (κ1) is 13.8. The maximum Gasteiger partial charge on any atom is 0.0716 e. The third-order valence-corrected chi connectivity index (χ3v) is 4.56. The molecule has 18 heavy (non-hydrogen) atoms. The van der Waals surface area contributed by atoms with Crippen molar-refractivity contribution < 1.29 is 0 Å². The van der Waals surface area contributed by atoms with Gasteiger partial charge in [0.15, 0.2) is 0 Å². The van der Waals surface area contributed by atoms with Crippen LogP contribution in [0.4, 0.5) is 0 Å². The first-order chi connectivity index (χ1) is 8.81. The zero-order valence-electron chi connectivity index (χ0n) is 11.7. The van der Waals surface area contributed by atoms with E-state index >= 15 is 0 Å². The minimum atomic E-state index is 0.175. The van der Waals surface area contributed by atoms with Crippen LogP contribution >= 0.6 is 0 Å². The minimum absolute atomic E-state index is 0.175. The van der Waals surface area contributed by atoms with Crippen molar-refractivity contribution in [1.82, 2.24) is 10.2 Å². The molecule has 1 N–H and O–H groups in total. The SMILES string of the molecule is C[C@@H]1NCC(C#N)CN1C1CCCCCCCC1. The quantitative estimate of drug-likeness (QED) is 0.776. The Kier molecular flexibility index (Phi) is 5.46. The summed E-state index contributed by atoms with van der Waals surface area (Å²) in [6.45, 7) is 4.08. The second kappa shape index (κ2) is 7.11. The van der Waals surface area contributed by atoms with Crippen molar-refractivity contribution in [2.75, 3.05) is 13.1 Å². The van der Waals surface area contributed by atoms with Gasteiger partial charge in [-0.1, -0.05) is 38.5 Å². The predicted octanol–water partition coefficient (Wildman–Crippen LogP) is 2.88. The molecule has 0 radical (unpaired) electrons. The Balaban J connectivity index is 1.95. The van der Waals surface area contributed by atoms with Crippen LogP contribution in [0.3, 0.4) is 0 Å². The Hall–Kier alpha value is -0.590. The highest BCUT2D eigenvalue weighted by Gasteiger charge is 2.29. The lowest BCUT2D eigenvalue weighted by molar-refractivity contribution is 0.0636. The van der Waals surface area contributed by atoms with Gasteiger partial charge in [-0.15, -0.1) is 0 Å². The van der Waals surface area contributed by atoms with Gasteiger partial charge in [-0.25, -0.2) is 0 Å². The van der Waals surface area contributed by atoms with Crippen molar-refractivity contribution >= 4 is 0 Å². The molecule has 0 amide bonds. The molecule has 1 saturated heterocycles. The van der Waals surface area contributed by atoms with Gasteiger partial charge in [0, 0.05) is 19.1 Å². The fourth-order valence-corrected chi connectivity index (χ4v) is 3.40. The third kappa shape index (κ3) is 3.70. The molecule has 0 aromatic carbocycles. The van der Waals surface area contributed by atoms with Gasteiger partial charge < -0.3 is 5.32 Å². The number of nitriles is 1. The van der Waals surface area contributed by atoms with E-state index in [1.165, 1.54) is 51.4 Å². The fourth-order valence-electron chi connectivity index (χ4n) is 3.40. The molecule has 2 aliphatic rings. The molecule has 0 aromatic heterocycles. The van der Waals surface area contributed by atoms with Gasteiger partial charge in [0.1, 0.15) is 0 Å². The van der Waals surface area contributed by atoms with E-state index in [-0.39, 0.29) is 5.92 Å². The highest BCUT2D eigenvalue weighted by Crippen LogP contribution is 2.24. The largest absolute Gasteiger partial charge is 0.301 e. The Morgan fingerprint density at radius 3 is 2.28 bits per heavy atom. The molecular weight excluding hydrogens is 222 g/mol. The number of nitrogens with one attached hydrogen (secondary N) is 1. The molecular formula is C15H27N3. The van der Waals surface area contributed by atoms with Gasteiger partial charge in [-0.3, -0.25) is 4.90 Å². The summed E-state index contributed by atoms with van der Waals surface area (Å²) < 4.78 is 0. The monoisotopic (exact) mass is 249 g/mol. The van der Waals surface area contributed by atoms with Crippen molar-refractivity contribution in [2.24, 2.45) is 5.92 Å². The van der Waals surface area contributed by atoms with E-state index in [1.807, 2.05) is 0 Å². The average molecular weight is 249 g/mol. The number of hydrogen-bond donors (Lipinski definition) is 1. The van der Waals surface area contributed by atoms with Crippen LogP contribution in [-0.4, -0.2) is 30.2 Å². The van der Waals surface area contributed by atoms with Gasteiger partial charge in [0.2, 0.25) is 0 Å². The summed E-state index contributed by atoms with van der Waals surface area (Å²) in [7, 11) is 0. The zero-order valence-corrected chi connectivity index (χ0v) is 11.7. The molecule has 2 atom stereocenters. The Labute approximate surface area is 112 Å². The van der Waals surface area contributed by atoms with Crippen LogP contribution in [0, 0.1) is 17.2 Å². The van der Waals surface area contributed by atoms with Crippen molar-refractivity contribution in [2.45, 2.75) is 70.5 Å². The molecule has 1 unspecified atom stereocenters. The van der Waals surface area contributed by atoms with Crippen molar-refractivity contribution in [3.8, 4) is 6.07 Å². The molecule has 1 aliphatic carbocycles. The highest BCUT2D eigenvalue weighted by atomic mass is 15.3. The summed E-state index contributed by atoms with van der Waals surface area (Å²) in [6, 6.07) is 3.13. The van der Waals surface area contributed by atoms with Crippen LogP contribution in [0.5, 0.6) is 0 Å². The van der Waals surface area contributed by atoms with Crippen LogP contribution in [0.25, 0.3) is 0 Å². The van der Waals surface area contributed by atoms with Crippen molar-refractivity contribution in [1.29, 1.82) is 5.26 Å². The smallest absolute Gasteiger partial charge is 0.0716 e. The second-order valence-corrected chi connectivity index (χ2v) is 5.96. The molecule has 3 nitrogen and oxygen atoms in total. The molecule has 3 heteroatoms. The lowest BCUT2D eigenvalue weighted by Gasteiger charge is -2.42. The highest BCUT2D eigenvalue weighted by molar-refractivity contribution is 4.93. The van der Waals surface area contributed by atoms with E-state index in [2.05, 4.69) is 23.2 Å². The maximum absolute atomic E-state index is 9.12. The Bertz CT molecular complexity index is 274. The Morgan fingerprint density at radius 2 is 1.67 bits per heavy atom. The summed E-state index contributed by atoms with van der Waals surface area (Å²) in [5.41, 5.74) is 0. The summed E-state index contributed by atoms with van der Waals surface area (Å²) >= 11 is 0. The molecule has 1 saturated carbocycles. The lowest BCUT2D eigenvalue weighted by atomic mass is 9.98. The molecule has 102 valence electrons. The summed E-state index contributed by atoms with van der Waals surface area (Å²) in [5, 5.41) is 12.6. The van der Waals surface area contributed by atoms with Gasteiger partial charge in [0.25, 0.3) is 0 Å². The minimum Gasteiger partial charge on any atom is -0.301 e. The van der Waals surface area contributed by atoms with E-state index in [1.54, 1.807) is 0 Å². The molecule has 2 rings (SSSR count). The normalized spacial score (nSPS) is 33.1. The van der Waals surface area contributed by atoms with Crippen LogP contribution in [-0.2, 0) is 0 Å². The second-order valence-electron chi connectivity index (χ2n) is 5.96. The molecule has 0 spiro atoms. The van der Waals surface area contributed by atoms with Crippen LogP contribution in [0.2, 0.25) is 0 Å². The van der Waals surface area contributed by atoms with Crippen LogP contribution in [0.1, 0.15) is 58.3 Å². The fraction of sp³-hybridized carbons (Fsp3) is 0.933. The molecule has 2 fully saturated rings. The average Bonchev–Trinajstić information content (AvgIpc) is 2.53. The van der Waals surface area contributed by atoms with E-state index in [9.17, 15) is 0 Å². The van der Waals surface area contributed by atoms with Gasteiger partial charge in [0.05, 0.1) is 18.2 Å². The van der Waals surface area contributed by atoms with Gasteiger partial charge in [-0.2, -0.15) is 5.26 Å². The van der Waals surface area contributed by atoms with Crippen LogP contribution < -0.4 is 5.32 Å². The number of rotatable bonds is 1. The predicted molar refractivity (Wildman–Crippen MR) is 74.0 cm³/mol. The molecule has 1 heterocycles. The number of hydrogen-bond acceptors (Lipinski definition) is 3. The van der Waals surface area contributed by atoms with Gasteiger partial charge >= 0.3 is 0 Å². The third-order valence-electron chi connectivity index (χ3n) is 4.56. The summed E-state index contributed by atoms with van der Waals surface area (Å²) in [5.74, 6) is 0.175. The van der Waals surface area contributed by atoms with E-state index in [0.717, 1.165) is 13.1 Å². The van der Waals surface area contributed by atoms with E-state index < -0.39 is 0 Å². The van der Waals surface area contributed by atoms with Gasteiger partial charge in [-0.05, 0) is 19.8 Å². The topological polar surface area (TPSA) is 39.1 Å². The number of nitrogens with zero attached hydrogens (tertiary/aromatic N) is 2. The summed E-state index contributed by atoms with van der Waals surface area (Å²) in [4.78, 5) is 2.56.